The van der Waals surface area contributed by atoms with Crippen LogP contribution in [0.2, 0.25) is 0 Å². The number of hydrogen-bond donors (Lipinski definition) is 4. The number of nitrogens with one attached hydrogen (secondary N) is 4. The van der Waals surface area contributed by atoms with Crippen LogP contribution in [-0.2, 0) is 123 Å². The van der Waals surface area contributed by atoms with E-state index in [0.29, 0.717) is 17.3 Å². The Morgan fingerprint density at radius 3 is 0.372 bits per heavy atom. The van der Waals surface area contributed by atoms with E-state index in [2.05, 4.69) is 149 Å². The van der Waals surface area contributed by atoms with Gasteiger partial charge in [0.15, 0.2) is 0 Å². The molecule has 0 atom stereocenters. The second-order valence-corrected chi connectivity index (χ2v) is 45.2. The summed E-state index contributed by atoms with van der Waals surface area (Å²) in [6.45, 7) is 18.3. The summed E-state index contributed by atoms with van der Waals surface area (Å²) < 4.78 is 1.83. The third kappa shape index (κ3) is 84.7. The fourth-order valence-electron chi connectivity index (χ4n) is 19.9. The molecule has 0 spiro atoms. The van der Waals surface area contributed by atoms with Crippen molar-refractivity contribution in [3.8, 4) is 0 Å². The van der Waals surface area contributed by atoms with Crippen molar-refractivity contribution in [3.63, 3.8) is 0 Å². The minimum atomic E-state index is 0. The number of rotatable bonds is 92. The molecule has 4 N–H and O–H groups in total. The van der Waals surface area contributed by atoms with Crippen molar-refractivity contribution in [1.82, 2.24) is 0 Å². The average Bonchev–Trinajstić information content (AvgIpc) is 0.860. The Balaban J connectivity index is 0.00000180. The summed E-state index contributed by atoms with van der Waals surface area (Å²) in [5.41, 5.74) is 16.5. The first kappa shape index (κ1) is 135. The Bertz CT molecular complexity index is 2890. The summed E-state index contributed by atoms with van der Waals surface area (Å²) >= 11 is 41.5. The van der Waals surface area contributed by atoms with Crippen LogP contribution in [0.3, 0.4) is 0 Å². The smallest absolute Gasteiger partial charge is 0.411 e. The van der Waals surface area contributed by atoms with Crippen molar-refractivity contribution in [3.05, 3.63) is 117 Å². The van der Waals surface area contributed by atoms with E-state index in [0.717, 1.165) is 48.4 Å². The molecule has 0 aliphatic rings. The van der Waals surface area contributed by atoms with Gasteiger partial charge in [0.1, 0.15) is 0 Å². The van der Waals surface area contributed by atoms with Crippen LogP contribution >= 0.6 is 48.9 Å². The van der Waals surface area contributed by atoms with Gasteiger partial charge in [-0.05, 0) is 172 Å². The van der Waals surface area contributed by atoms with Gasteiger partial charge in [-0.3, -0.25) is 0 Å². The standard InChI is InChI=1S/4C31H55NS2.Mo/c4*1-3-5-7-9-11-13-15-17-19-21-24-28-25-23-27-30(32-31(33)34)29(28)26-22-20-18-16-14-12-10-8-6-4-2;/h4*23,25,27H,3-22,24,26H2,1-2H3,(H2,32,33,34);/q;;;;+4/p-4. The van der Waals surface area contributed by atoms with E-state index in [1.807, 2.05) is 0 Å². The van der Waals surface area contributed by atoms with Gasteiger partial charge in [-0.25, -0.2) is 0 Å². The predicted molar refractivity (Wildman–Crippen MR) is 644 cm³/mol. The number of hydrogen-bond acceptors (Lipinski definition) is 8. The fourth-order valence-corrected chi connectivity index (χ4v) is 20.8. The molecule has 0 radical (unpaired) electrons. The second-order valence-electron chi connectivity index (χ2n) is 40.9. The topological polar surface area (TPSA) is 48.1 Å². The average molecular weight is 2120 g/mol. The van der Waals surface area contributed by atoms with E-state index in [4.69, 9.17) is 99.4 Å². The number of unbranched alkanes of at least 4 members (excludes halogenated alkanes) is 72. The first-order valence-corrected chi connectivity index (χ1v) is 62.4. The van der Waals surface area contributed by atoms with Gasteiger partial charge in [-0.2, -0.15) is 0 Å². The van der Waals surface area contributed by atoms with E-state index >= 15 is 0 Å². The maximum Gasteiger partial charge on any atom is 4.00 e. The van der Waals surface area contributed by atoms with E-state index in [1.165, 1.54) is 584 Å². The van der Waals surface area contributed by atoms with Crippen molar-refractivity contribution < 1.29 is 21.1 Å². The summed E-state index contributed by atoms with van der Waals surface area (Å²) in [6.07, 6.45) is 120. The first-order valence-electron chi connectivity index (χ1n) is 59.1. The van der Waals surface area contributed by atoms with Crippen LogP contribution in [0.4, 0.5) is 22.7 Å². The Morgan fingerprint density at radius 2 is 0.263 bits per heavy atom. The summed E-state index contributed by atoms with van der Waals surface area (Å²) in [5.74, 6) is 0. The van der Waals surface area contributed by atoms with Crippen LogP contribution in [0.25, 0.3) is 0 Å². The number of anilines is 4. The molecular formula is C124H216MoN4S8. The molecule has 0 saturated heterocycles. The molecule has 0 aromatic heterocycles. The van der Waals surface area contributed by atoms with Gasteiger partial charge in [0.25, 0.3) is 0 Å². The molecular weight excluding hydrogens is 1900 g/mol. The Labute approximate surface area is 911 Å². The molecule has 4 aromatic rings. The van der Waals surface area contributed by atoms with Gasteiger partial charge in [0.05, 0.1) is 0 Å². The molecule has 13 heteroatoms. The van der Waals surface area contributed by atoms with Gasteiger partial charge in [-0.15, -0.1) is 0 Å². The SMILES string of the molecule is CCCCCCCCCCCCc1cccc(NC(=S)[S-])c1CCCCCCCCCCCC.CCCCCCCCCCCCc1cccc(NC(=S)[S-])c1CCCCCCCCCCCC.CCCCCCCCCCCCc1cccc(NC(=S)[S-])c1CCCCCCCCCCCC.CCCCCCCCCCCCc1cccc(NC(=S)[S-])c1CCCCCCCCCCCC.[Mo+4]. The van der Waals surface area contributed by atoms with E-state index in [9.17, 15) is 0 Å². The van der Waals surface area contributed by atoms with E-state index in [1.54, 1.807) is 0 Å². The summed E-state index contributed by atoms with van der Waals surface area (Å²) in [7, 11) is 0. The zero-order chi connectivity index (χ0) is 98.8. The molecule has 0 aliphatic carbocycles. The molecule has 0 heterocycles. The number of benzene rings is 4. The molecule has 0 fully saturated rings. The van der Waals surface area contributed by atoms with Crippen molar-refractivity contribution >= 4 is 139 Å². The third-order valence-corrected chi connectivity index (χ3v) is 29.2. The zero-order valence-electron chi connectivity index (χ0n) is 90.8. The molecule has 0 amide bonds. The van der Waals surface area contributed by atoms with Crippen LogP contribution in [0.5, 0.6) is 0 Å². The molecule has 4 aromatic carbocycles. The minimum Gasteiger partial charge on any atom is -0.411 e. The maximum atomic E-state index is 5.19. The first-order chi connectivity index (χ1) is 66.7. The van der Waals surface area contributed by atoms with Crippen LogP contribution in [0, 0.1) is 0 Å². The molecule has 0 saturated carbocycles. The third-order valence-electron chi connectivity index (χ3n) is 28.4. The van der Waals surface area contributed by atoms with Crippen LogP contribution in [0.1, 0.15) is 614 Å². The molecule has 4 rings (SSSR count). The molecule has 137 heavy (non-hydrogen) atoms. The van der Waals surface area contributed by atoms with Crippen LogP contribution < -0.4 is 21.3 Å². The van der Waals surface area contributed by atoms with Gasteiger partial charge in [0, 0.05) is 22.7 Å². The van der Waals surface area contributed by atoms with Gasteiger partial charge < -0.3 is 121 Å². The largest absolute Gasteiger partial charge is 4.00 e. The Kier molecular flexibility index (Phi) is 104. The molecule has 0 aliphatic heterocycles. The van der Waals surface area contributed by atoms with Crippen molar-refractivity contribution in [2.75, 3.05) is 21.3 Å². The maximum absolute atomic E-state index is 5.19. The zero-order valence-corrected chi connectivity index (χ0v) is 99.4. The summed E-state index contributed by atoms with van der Waals surface area (Å²) in [6, 6.07) is 26.6. The van der Waals surface area contributed by atoms with E-state index < -0.39 is 0 Å². The van der Waals surface area contributed by atoms with Crippen molar-refractivity contribution in [2.45, 2.75) is 620 Å². The van der Waals surface area contributed by atoms with Gasteiger partial charge >= 0.3 is 21.1 Å². The Morgan fingerprint density at radius 1 is 0.161 bits per heavy atom. The molecule has 0 bridgehead atoms. The Hall–Kier alpha value is -1.99. The van der Waals surface area contributed by atoms with Crippen molar-refractivity contribution in [1.29, 1.82) is 0 Å². The molecule has 786 valence electrons. The quantitative estimate of drug-likeness (QED) is 0.0147. The summed E-state index contributed by atoms with van der Waals surface area (Å²) in [4.78, 5) is 0. The monoisotopic (exact) mass is 2120 g/mol. The number of thiocarbonyl (C=S) groups is 4. The van der Waals surface area contributed by atoms with Gasteiger partial charge in [-0.1, -0.05) is 584 Å². The molecule has 0 unspecified atom stereocenters. The number of aryl methyl sites for hydroxylation is 4. The van der Waals surface area contributed by atoms with Gasteiger partial charge in [0.2, 0.25) is 0 Å². The van der Waals surface area contributed by atoms with E-state index in [-0.39, 0.29) is 21.1 Å². The minimum absolute atomic E-state index is 0. The fraction of sp³-hybridized carbons (Fsp3) is 0.774. The molecule has 4 nitrogen and oxygen atoms in total. The van der Waals surface area contributed by atoms with Crippen LogP contribution in [0.15, 0.2) is 72.8 Å². The second kappa shape index (κ2) is 105. The summed E-state index contributed by atoms with van der Waals surface area (Å²) in [5, 5.41) is 13.1. The van der Waals surface area contributed by atoms with Crippen molar-refractivity contribution in [2.24, 2.45) is 0 Å². The normalized spacial score (nSPS) is 11.0. The van der Waals surface area contributed by atoms with Crippen LogP contribution in [-0.4, -0.2) is 17.3 Å². The predicted octanol–water partition coefficient (Wildman–Crippen LogP) is 43.4.